The molecule has 1 amide bonds. The molecule has 0 spiro atoms. The molecule has 1 heterocycles. The molecular formula is C21H17BrCl2FN5O2. The van der Waals surface area contributed by atoms with Gasteiger partial charge >= 0.3 is 0 Å². The van der Waals surface area contributed by atoms with Gasteiger partial charge in [0.05, 0.1) is 23.2 Å². The maximum absolute atomic E-state index is 15.1. The van der Waals surface area contributed by atoms with Crippen molar-refractivity contribution in [1.29, 1.82) is 5.26 Å². The third-order valence-corrected chi connectivity index (χ3v) is 5.27. The molecule has 7 nitrogen and oxygen atoms in total. The largest absolute Gasteiger partial charge is 0.453 e. The lowest BCUT2D eigenvalue weighted by atomic mass is 10.2. The Morgan fingerprint density at radius 3 is 2.78 bits per heavy atom. The molecule has 0 radical (unpaired) electrons. The Morgan fingerprint density at radius 2 is 2.09 bits per heavy atom. The number of ether oxygens (including phenoxy) is 1. The minimum atomic E-state index is -0.745. The predicted octanol–water partition coefficient (Wildman–Crippen LogP) is 5.27. The number of aromatic amines is 1. The number of carbonyl (C=O) groups excluding carboxylic acids is 1. The van der Waals surface area contributed by atoms with Crippen molar-refractivity contribution in [2.24, 2.45) is 0 Å². The Morgan fingerprint density at radius 1 is 1.34 bits per heavy atom. The fourth-order valence-corrected chi connectivity index (χ4v) is 3.70. The van der Waals surface area contributed by atoms with Crippen molar-refractivity contribution in [3.8, 4) is 17.6 Å². The molecule has 0 fully saturated rings. The van der Waals surface area contributed by atoms with Gasteiger partial charge in [-0.15, -0.1) is 0 Å². The van der Waals surface area contributed by atoms with Gasteiger partial charge in [-0.25, -0.2) is 9.37 Å². The molecule has 0 unspecified atom stereocenters. The quantitative estimate of drug-likeness (QED) is 0.425. The van der Waals surface area contributed by atoms with Crippen LogP contribution in [0.3, 0.4) is 0 Å². The van der Waals surface area contributed by atoms with E-state index >= 15 is 4.39 Å². The first-order valence-corrected chi connectivity index (χ1v) is 10.8. The van der Waals surface area contributed by atoms with E-state index in [1.165, 1.54) is 30.3 Å². The van der Waals surface area contributed by atoms with Gasteiger partial charge in [0, 0.05) is 17.1 Å². The molecule has 32 heavy (non-hydrogen) atoms. The number of nitriles is 1. The van der Waals surface area contributed by atoms with E-state index in [-0.39, 0.29) is 44.9 Å². The highest BCUT2D eigenvalue weighted by Gasteiger charge is 2.19. The summed E-state index contributed by atoms with van der Waals surface area (Å²) in [5.74, 6) is -0.698. The van der Waals surface area contributed by atoms with E-state index in [1.54, 1.807) is 0 Å². The summed E-state index contributed by atoms with van der Waals surface area (Å²) < 4.78 is 21.1. The zero-order chi connectivity index (χ0) is 23.4. The highest BCUT2D eigenvalue weighted by atomic mass is 79.9. The van der Waals surface area contributed by atoms with Crippen LogP contribution in [0.15, 0.2) is 34.9 Å². The molecule has 0 saturated heterocycles. The summed E-state index contributed by atoms with van der Waals surface area (Å²) in [5, 5.41) is 12.0. The van der Waals surface area contributed by atoms with Crippen LogP contribution in [0.4, 0.5) is 4.39 Å². The van der Waals surface area contributed by atoms with Gasteiger partial charge < -0.3 is 19.9 Å². The van der Waals surface area contributed by atoms with E-state index in [4.69, 9.17) is 33.2 Å². The first-order valence-electron chi connectivity index (χ1n) is 9.20. The summed E-state index contributed by atoms with van der Waals surface area (Å²) in [5.41, 5.74) is 0.571. The van der Waals surface area contributed by atoms with E-state index in [0.717, 1.165) is 0 Å². The predicted molar refractivity (Wildman–Crippen MR) is 122 cm³/mol. The zero-order valence-electron chi connectivity index (χ0n) is 17.0. The monoisotopic (exact) mass is 539 g/mol. The maximum atomic E-state index is 15.1. The van der Waals surface area contributed by atoms with Crippen LogP contribution in [0.2, 0.25) is 10.0 Å². The highest BCUT2D eigenvalue weighted by Crippen LogP contribution is 2.35. The fraction of sp³-hybridized carbons (Fsp3) is 0.190. The second-order valence-corrected chi connectivity index (χ2v) is 8.64. The smallest absolute Gasteiger partial charge is 0.272 e. The number of carbonyl (C=O) groups is 1. The number of hydrogen-bond donors (Lipinski definition) is 2. The average Bonchev–Trinajstić information content (AvgIpc) is 3.09. The Kier molecular flexibility index (Phi) is 7.74. The molecule has 1 aromatic heterocycles. The molecule has 0 bridgehead atoms. The number of aromatic nitrogens is 2. The van der Waals surface area contributed by atoms with Crippen molar-refractivity contribution in [1.82, 2.24) is 20.2 Å². The third-order valence-electron chi connectivity index (χ3n) is 4.18. The third kappa shape index (κ3) is 5.78. The van der Waals surface area contributed by atoms with Crippen LogP contribution in [0.5, 0.6) is 11.5 Å². The van der Waals surface area contributed by atoms with Crippen molar-refractivity contribution in [3.63, 3.8) is 0 Å². The number of nitrogens with zero attached hydrogens (tertiary/aromatic N) is 3. The molecule has 0 aliphatic heterocycles. The molecular weight excluding hydrogens is 524 g/mol. The first kappa shape index (κ1) is 24.0. The fourth-order valence-electron chi connectivity index (χ4n) is 2.79. The van der Waals surface area contributed by atoms with Gasteiger partial charge in [-0.2, -0.15) is 5.26 Å². The van der Waals surface area contributed by atoms with Gasteiger partial charge in [-0.1, -0.05) is 29.3 Å². The molecule has 0 aliphatic rings. The van der Waals surface area contributed by atoms with E-state index in [0.29, 0.717) is 17.0 Å². The minimum Gasteiger partial charge on any atom is -0.453 e. The standard InChI is InChI=1S/C21H17BrCl2FN5O2/c1-30(2)10-16-28-18(20(22)29-16)21(31)27-9-12-3-4-15(24)19(17(12)25)32-14-6-11(8-26)5-13(23)7-14/h3-7H,9-10H2,1-2H3,(H,27,31)(H,28,29). The van der Waals surface area contributed by atoms with Crippen molar-refractivity contribution in [2.45, 2.75) is 13.1 Å². The molecule has 2 N–H and O–H groups in total. The number of hydrogen-bond acceptors (Lipinski definition) is 5. The topological polar surface area (TPSA) is 94.0 Å². The Hall–Kier alpha value is -2.64. The van der Waals surface area contributed by atoms with Crippen LogP contribution < -0.4 is 10.1 Å². The van der Waals surface area contributed by atoms with Gasteiger partial charge in [0.25, 0.3) is 5.91 Å². The Balaban J connectivity index is 1.77. The summed E-state index contributed by atoms with van der Waals surface area (Å²) in [6.07, 6.45) is 0. The summed E-state index contributed by atoms with van der Waals surface area (Å²) >= 11 is 15.4. The molecule has 3 rings (SSSR count). The number of H-pyrrole nitrogens is 1. The Bertz CT molecular complexity index is 1210. The van der Waals surface area contributed by atoms with Crippen molar-refractivity contribution >= 4 is 45.0 Å². The second kappa shape index (κ2) is 10.3. The second-order valence-electron chi connectivity index (χ2n) is 7.01. The normalized spacial score (nSPS) is 10.8. The SMILES string of the molecule is CN(C)Cc1nc(C(=O)NCc2ccc(Cl)c(Oc3cc(Cl)cc(C#N)c3)c2F)c(Br)[nH]1. The summed E-state index contributed by atoms with van der Waals surface area (Å²) in [4.78, 5) is 21.7. The van der Waals surface area contributed by atoms with Gasteiger partial charge in [-0.3, -0.25) is 4.79 Å². The van der Waals surface area contributed by atoms with E-state index in [9.17, 15) is 4.79 Å². The van der Waals surface area contributed by atoms with Crippen molar-refractivity contribution < 1.29 is 13.9 Å². The van der Waals surface area contributed by atoms with Crippen LogP contribution in [0.1, 0.15) is 27.4 Å². The molecule has 3 aromatic rings. The van der Waals surface area contributed by atoms with Gasteiger partial charge in [0.15, 0.2) is 17.3 Å². The van der Waals surface area contributed by atoms with Crippen LogP contribution in [0.25, 0.3) is 0 Å². The van der Waals surface area contributed by atoms with Crippen LogP contribution in [-0.4, -0.2) is 34.9 Å². The van der Waals surface area contributed by atoms with Crippen LogP contribution in [-0.2, 0) is 13.1 Å². The zero-order valence-corrected chi connectivity index (χ0v) is 20.1. The number of amides is 1. The van der Waals surface area contributed by atoms with Crippen molar-refractivity contribution in [2.75, 3.05) is 14.1 Å². The number of imidazole rings is 1. The van der Waals surface area contributed by atoms with Crippen LogP contribution >= 0.6 is 39.1 Å². The minimum absolute atomic E-state index is 0.0273. The summed E-state index contributed by atoms with van der Waals surface area (Å²) in [6.45, 7) is 0.398. The van der Waals surface area contributed by atoms with E-state index in [1.807, 2.05) is 25.1 Å². The maximum Gasteiger partial charge on any atom is 0.272 e. The summed E-state index contributed by atoms with van der Waals surface area (Å²) in [6, 6.07) is 9.15. The number of rotatable bonds is 7. The summed E-state index contributed by atoms with van der Waals surface area (Å²) in [7, 11) is 3.76. The van der Waals surface area contributed by atoms with E-state index < -0.39 is 11.7 Å². The molecule has 0 saturated carbocycles. The van der Waals surface area contributed by atoms with Gasteiger partial charge in [-0.05, 0) is 54.3 Å². The van der Waals surface area contributed by atoms with Crippen molar-refractivity contribution in [3.05, 3.63) is 73.4 Å². The molecule has 2 aromatic carbocycles. The van der Waals surface area contributed by atoms with Crippen LogP contribution in [0, 0.1) is 17.1 Å². The lowest BCUT2D eigenvalue weighted by molar-refractivity contribution is 0.0945. The average molecular weight is 541 g/mol. The number of halogens is 4. The highest BCUT2D eigenvalue weighted by molar-refractivity contribution is 9.10. The molecule has 11 heteroatoms. The lowest BCUT2D eigenvalue weighted by Gasteiger charge is -2.13. The van der Waals surface area contributed by atoms with E-state index in [2.05, 4.69) is 31.2 Å². The molecule has 0 aliphatic carbocycles. The van der Waals surface area contributed by atoms with Gasteiger partial charge in [0.2, 0.25) is 0 Å². The molecule has 166 valence electrons. The molecule has 0 atom stereocenters. The first-order chi connectivity index (χ1) is 15.2. The number of nitrogens with one attached hydrogen (secondary N) is 2. The number of benzene rings is 2. The Labute approximate surface area is 202 Å². The lowest BCUT2D eigenvalue weighted by Crippen LogP contribution is -2.24. The van der Waals surface area contributed by atoms with Gasteiger partial charge in [0.1, 0.15) is 16.2 Å².